The van der Waals surface area contributed by atoms with Crippen LogP contribution in [0, 0.1) is 13.8 Å². The van der Waals surface area contributed by atoms with Crippen molar-refractivity contribution in [2.75, 3.05) is 43.1 Å². The van der Waals surface area contributed by atoms with Crippen LogP contribution in [0.4, 0.5) is 11.5 Å². The van der Waals surface area contributed by atoms with E-state index < -0.39 is 0 Å². The van der Waals surface area contributed by atoms with E-state index in [1.165, 1.54) is 5.56 Å². The fourth-order valence-electron chi connectivity index (χ4n) is 2.96. The molecule has 2 aromatic rings. The zero-order valence-electron chi connectivity index (χ0n) is 14.3. The third-order valence-electron chi connectivity index (χ3n) is 4.40. The molecule has 1 fully saturated rings. The van der Waals surface area contributed by atoms with Gasteiger partial charge < -0.3 is 20.1 Å². The molecule has 0 unspecified atom stereocenters. The number of nitrogens with one attached hydrogen (secondary N) is 1. The summed E-state index contributed by atoms with van der Waals surface area (Å²) in [6.45, 7) is 8.66. The fourth-order valence-corrected chi connectivity index (χ4v) is 2.96. The van der Waals surface area contributed by atoms with Crippen LogP contribution in [0.5, 0.6) is 0 Å². The zero-order chi connectivity index (χ0) is 16.9. The van der Waals surface area contributed by atoms with Gasteiger partial charge in [-0.1, -0.05) is 0 Å². The fraction of sp³-hybridized carbons (Fsp3) is 0.529. The van der Waals surface area contributed by atoms with Crippen molar-refractivity contribution in [1.29, 1.82) is 0 Å². The Hall–Kier alpha value is -2.12. The van der Waals surface area contributed by atoms with Gasteiger partial charge in [-0.15, -0.1) is 0 Å². The van der Waals surface area contributed by atoms with Crippen LogP contribution in [0.25, 0.3) is 0 Å². The van der Waals surface area contributed by atoms with E-state index in [1.807, 2.05) is 30.8 Å². The molecule has 0 spiro atoms. The van der Waals surface area contributed by atoms with Gasteiger partial charge in [0, 0.05) is 30.9 Å². The number of hydrogen-bond acceptors (Lipinski definition) is 6. The largest absolute Gasteiger partial charge is 0.394 e. The smallest absolute Gasteiger partial charge is 0.128 e. The van der Waals surface area contributed by atoms with Gasteiger partial charge in [0.05, 0.1) is 43.9 Å². The minimum Gasteiger partial charge on any atom is -0.394 e. The van der Waals surface area contributed by atoms with E-state index in [2.05, 4.69) is 26.4 Å². The first-order valence-corrected chi connectivity index (χ1v) is 8.35. The predicted octanol–water partition coefficient (Wildman–Crippen LogP) is 1.34. The highest BCUT2D eigenvalue weighted by molar-refractivity contribution is 5.49. The Morgan fingerprint density at radius 2 is 2.04 bits per heavy atom. The molecule has 0 amide bonds. The van der Waals surface area contributed by atoms with Crippen LogP contribution in [0.2, 0.25) is 0 Å². The first kappa shape index (κ1) is 16.7. The van der Waals surface area contributed by atoms with Crippen molar-refractivity contribution in [1.82, 2.24) is 14.8 Å². The summed E-state index contributed by atoms with van der Waals surface area (Å²) in [6.07, 6.45) is 1.87. The summed E-state index contributed by atoms with van der Waals surface area (Å²) >= 11 is 0. The summed E-state index contributed by atoms with van der Waals surface area (Å²) in [7, 11) is 0. The van der Waals surface area contributed by atoms with Crippen LogP contribution >= 0.6 is 0 Å². The van der Waals surface area contributed by atoms with E-state index in [1.54, 1.807) is 0 Å². The van der Waals surface area contributed by atoms with E-state index in [0.717, 1.165) is 49.2 Å². The van der Waals surface area contributed by atoms with Crippen LogP contribution in [-0.4, -0.2) is 52.8 Å². The van der Waals surface area contributed by atoms with Gasteiger partial charge in [0.1, 0.15) is 5.82 Å². The molecule has 2 aromatic heterocycles. The van der Waals surface area contributed by atoms with E-state index in [9.17, 15) is 0 Å². The van der Waals surface area contributed by atoms with Crippen LogP contribution in [-0.2, 0) is 17.8 Å². The summed E-state index contributed by atoms with van der Waals surface area (Å²) < 4.78 is 7.22. The first-order valence-electron chi connectivity index (χ1n) is 8.35. The monoisotopic (exact) mass is 331 g/mol. The van der Waals surface area contributed by atoms with Crippen molar-refractivity contribution in [3.05, 3.63) is 35.3 Å². The molecule has 7 nitrogen and oxygen atoms in total. The lowest BCUT2D eigenvalue weighted by Gasteiger charge is -2.27. The van der Waals surface area contributed by atoms with E-state index >= 15 is 0 Å². The molecule has 0 aromatic carbocycles. The third-order valence-corrected chi connectivity index (χ3v) is 4.40. The maximum Gasteiger partial charge on any atom is 0.128 e. The normalized spacial score (nSPS) is 14.9. The van der Waals surface area contributed by atoms with Crippen molar-refractivity contribution >= 4 is 11.5 Å². The number of ether oxygens (including phenoxy) is 1. The number of hydrogen-bond donors (Lipinski definition) is 2. The van der Waals surface area contributed by atoms with Crippen LogP contribution < -0.4 is 10.2 Å². The molecule has 7 heteroatoms. The van der Waals surface area contributed by atoms with Gasteiger partial charge in [0.15, 0.2) is 0 Å². The number of nitrogens with zero attached hydrogens (tertiary/aromatic N) is 4. The van der Waals surface area contributed by atoms with Crippen molar-refractivity contribution in [2.24, 2.45) is 0 Å². The maximum atomic E-state index is 9.09. The summed E-state index contributed by atoms with van der Waals surface area (Å²) in [6, 6.07) is 4.10. The average molecular weight is 331 g/mol. The number of aromatic nitrogens is 3. The number of aliphatic hydroxyl groups excluding tert-OH is 1. The first-order chi connectivity index (χ1) is 11.7. The Morgan fingerprint density at radius 3 is 2.71 bits per heavy atom. The number of morpholine rings is 1. The summed E-state index contributed by atoms with van der Waals surface area (Å²) in [5.74, 6) is 0.993. The number of pyridine rings is 1. The molecule has 130 valence electrons. The Kier molecular flexibility index (Phi) is 5.32. The molecule has 1 saturated heterocycles. The Morgan fingerprint density at radius 1 is 1.25 bits per heavy atom. The van der Waals surface area contributed by atoms with Crippen molar-refractivity contribution in [3.8, 4) is 0 Å². The molecule has 1 aliphatic heterocycles. The number of rotatable bonds is 6. The van der Waals surface area contributed by atoms with Gasteiger partial charge in [-0.25, -0.2) is 4.98 Å². The lowest BCUT2D eigenvalue weighted by Crippen LogP contribution is -2.36. The summed E-state index contributed by atoms with van der Waals surface area (Å²) in [5, 5.41) is 17.0. The quantitative estimate of drug-likeness (QED) is 0.832. The average Bonchev–Trinajstić information content (AvgIpc) is 2.88. The molecule has 2 N–H and O–H groups in total. The van der Waals surface area contributed by atoms with E-state index in [-0.39, 0.29) is 6.61 Å². The van der Waals surface area contributed by atoms with Crippen LogP contribution in [0.15, 0.2) is 18.3 Å². The highest BCUT2D eigenvalue weighted by Gasteiger charge is 2.13. The number of anilines is 2. The van der Waals surface area contributed by atoms with Crippen molar-refractivity contribution in [2.45, 2.75) is 26.9 Å². The van der Waals surface area contributed by atoms with Gasteiger partial charge in [-0.2, -0.15) is 5.10 Å². The standard InChI is InChI=1S/C17H25N5O2/c1-13-16(14(2)22(20-13)5-8-23)12-18-15-3-4-17(19-11-15)21-6-9-24-10-7-21/h3-4,11,18,23H,5-10,12H2,1-2H3. The lowest BCUT2D eigenvalue weighted by molar-refractivity contribution is 0.122. The molecule has 0 bridgehead atoms. The minimum atomic E-state index is 0.0990. The summed E-state index contributed by atoms with van der Waals surface area (Å²) in [4.78, 5) is 6.78. The molecule has 0 saturated carbocycles. The molecular weight excluding hydrogens is 306 g/mol. The van der Waals surface area contributed by atoms with Gasteiger partial charge in [-0.3, -0.25) is 4.68 Å². The van der Waals surface area contributed by atoms with Crippen molar-refractivity contribution in [3.63, 3.8) is 0 Å². The second kappa shape index (κ2) is 7.63. The molecular formula is C17H25N5O2. The predicted molar refractivity (Wildman–Crippen MR) is 93.4 cm³/mol. The number of aliphatic hydroxyl groups is 1. The van der Waals surface area contributed by atoms with E-state index in [4.69, 9.17) is 9.84 Å². The molecule has 3 heterocycles. The topological polar surface area (TPSA) is 75.4 Å². The molecule has 3 rings (SSSR count). The second-order valence-electron chi connectivity index (χ2n) is 5.95. The SMILES string of the molecule is Cc1nn(CCO)c(C)c1CNc1ccc(N2CCOCC2)nc1. The molecule has 0 atom stereocenters. The Balaban J connectivity index is 1.62. The van der Waals surface area contributed by atoms with Crippen molar-refractivity contribution < 1.29 is 9.84 Å². The van der Waals surface area contributed by atoms with Crippen LogP contribution in [0.1, 0.15) is 17.0 Å². The molecule has 24 heavy (non-hydrogen) atoms. The molecule has 0 aliphatic carbocycles. The lowest BCUT2D eigenvalue weighted by atomic mass is 10.2. The minimum absolute atomic E-state index is 0.0990. The molecule has 0 radical (unpaired) electrons. The van der Waals surface area contributed by atoms with E-state index in [0.29, 0.717) is 13.1 Å². The second-order valence-corrected chi connectivity index (χ2v) is 5.95. The van der Waals surface area contributed by atoms with Gasteiger partial charge in [0.25, 0.3) is 0 Å². The molecule has 1 aliphatic rings. The third kappa shape index (κ3) is 3.68. The van der Waals surface area contributed by atoms with Gasteiger partial charge in [0.2, 0.25) is 0 Å². The highest BCUT2D eigenvalue weighted by Crippen LogP contribution is 2.18. The highest BCUT2D eigenvalue weighted by atomic mass is 16.5. The van der Waals surface area contributed by atoms with Crippen LogP contribution in [0.3, 0.4) is 0 Å². The maximum absolute atomic E-state index is 9.09. The summed E-state index contributed by atoms with van der Waals surface area (Å²) in [5.41, 5.74) is 4.24. The van der Waals surface area contributed by atoms with Gasteiger partial charge >= 0.3 is 0 Å². The Bertz CT molecular complexity index is 662. The zero-order valence-corrected chi connectivity index (χ0v) is 14.3. The number of aryl methyl sites for hydroxylation is 1. The van der Waals surface area contributed by atoms with Gasteiger partial charge in [-0.05, 0) is 26.0 Å². The Labute approximate surface area is 142 Å².